The first kappa shape index (κ1) is 28.3. The van der Waals surface area contributed by atoms with E-state index in [4.69, 9.17) is 0 Å². The summed E-state index contributed by atoms with van der Waals surface area (Å²) in [5.41, 5.74) is 0. The summed E-state index contributed by atoms with van der Waals surface area (Å²) in [6, 6.07) is 0. The molecule has 0 radical (unpaired) electrons. The number of halogens is 13. The number of carbonyl (C=O) groups is 1. The monoisotopic (exact) mass is 481 g/mol. The van der Waals surface area contributed by atoms with Crippen LogP contribution in [0.2, 0.25) is 0 Å². The highest BCUT2D eigenvalue weighted by Crippen LogP contribution is 2.61. The standard InChI is InChI=1S/C12H12F13NO4/c1-4-30-5(27)26-12(28-2,29-3)10(21,22)8(17,18)6(13,14)7(15,16)9(19,20)11(23,24)25/h4H2,1-3H3,(H,26,27). The van der Waals surface area contributed by atoms with Crippen LogP contribution in [0.15, 0.2) is 0 Å². The molecule has 30 heavy (non-hydrogen) atoms. The Kier molecular flexibility index (Phi) is 7.62. The number of rotatable bonds is 9. The van der Waals surface area contributed by atoms with Crippen molar-refractivity contribution in [2.24, 2.45) is 0 Å². The van der Waals surface area contributed by atoms with Crippen molar-refractivity contribution in [2.45, 2.75) is 48.6 Å². The number of hydrogen-bond acceptors (Lipinski definition) is 4. The molecule has 0 aromatic rings. The smallest absolute Gasteiger partial charge is 0.450 e. The summed E-state index contributed by atoms with van der Waals surface area (Å²) in [4.78, 5) is 11.2. The Hall–Kier alpha value is -1.72. The van der Waals surface area contributed by atoms with Gasteiger partial charge in [-0.3, -0.25) is 5.32 Å². The average molecular weight is 481 g/mol. The van der Waals surface area contributed by atoms with Crippen LogP contribution in [0, 0.1) is 0 Å². The molecule has 0 spiro atoms. The molecule has 0 aromatic heterocycles. The van der Waals surface area contributed by atoms with Crippen LogP contribution in [0.25, 0.3) is 0 Å². The molecule has 0 rings (SSSR count). The van der Waals surface area contributed by atoms with Gasteiger partial charge >= 0.3 is 47.8 Å². The van der Waals surface area contributed by atoms with Crippen molar-refractivity contribution in [3.63, 3.8) is 0 Å². The number of ether oxygens (including phenoxy) is 3. The first-order valence-electron chi connectivity index (χ1n) is 7.09. The third kappa shape index (κ3) is 3.82. The van der Waals surface area contributed by atoms with Gasteiger partial charge in [0.15, 0.2) is 0 Å². The quantitative estimate of drug-likeness (QED) is 0.392. The molecule has 0 aromatic carbocycles. The SMILES string of the molecule is CCOC(=O)NC(OC)(OC)C(F)(F)C(F)(F)C(F)(F)C(F)(F)C(F)(F)C(F)(F)F. The van der Waals surface area contributed by atoms with Crippen molar-refractivity contribution in [3.05, 3.63) is 0 Å². The van der Waals surface area contributed by atoms with Gasteiger partial charge in [-0.1, -0.05) is 0 Å². The molecule has 0 bridgehead atoms. The molecule has 1 amide bonds. The van der Waals surface area contributed by atoms with E-state index in [1.807, 2.05) is 0 Å². The highest BCUT2D eigenvalue weighted by atomic mass is 19.4. The van der Waals surface area contributed by atoms with Gasteiger partial charge in [0.1, 0.15) is 0 Å². The molecule has 18 heteroatoms. The number of nitrogens with one attached hydrogen (secondary N) is 1. The van der Waals surface area contributed by atoms with Crippen molar-refractivity contribution in [1.29, 1.82) is 0 Å². The Morgan fingerprint density at radius 3 is 1.30 bits per heavy atom. The third-order valence-electron chi connectivity index (χ3n) is 3.46. The summed E-state index contributed by atoms with van der Waals surface area (Å²) in [7, 11) is -0.0271. The van der Waals surface area contributed by atoms with E-state index in [9.17, 15) is 61.9 Å². The van der Waals surface area contributed by atoms with E-state index in [1.54, 1.807) is 0 Å². The number of amides is 1. The van der Waals surface area contributed by atoms with Crippen LogP contribution in [-0.2, 0) is 14.2 Å². The maximum absolute atomic E-state index is 14.2. The lowest BCUT2D eigenvalue weighted by Crippen LogP contribution is -2.77. The van der Waals surface area contributed by atoms with Gasteiger partial charge in [0.2, 0.25) is 0 Å². The van der Waals surface area contributed by atoms with Gasteiger partial charge in [0, 0.05) is 14.2 Å². The van der Waals surface area contributed by atoms with Gasteiger partial charge < -0.3 is 14.2 Å². The van der Waals surface area contributed by atoms with E-state index in [1.165, 1.54) is 0 Å². The summed E-state index contributed by atoms with van der Waals surface area (Å²) in [6.07, 6.45) is -9.68. The predicted molar refractivity (Wildman–Crippen MR) is 67.7 cm³/mol. The van der Waals surface area contributed by atoms with E-state index in [-0.39, 0.29) is 14.2 Å². The molecular formula is C12H12F13NO4. The molecule has 5 nitrogen and oxygen atoms in total. The summed E-state index contributed by atoms with van der Waals surface area (Å²) in [5.74, 6) is -43.5. The highest BCUT2D eigenvalue weighted by molar-refractivity contribution is 5.68. The summed E-state index contributed by atoms with van der Waals surface area (Å²) >= 11 is 0. The van der Waals surface area contributed by atoms with Crippen LogP contribution >= 0.6 is 0 Å². The first-order valence-corrected chi connectivity index (χ1v) is 7.09. The minimum Gasteiger partial charge on any atom is -0.450 e. The Morgan fingerprint density at radius 2 is 1.00 bits per heavy atom. The Bertz CT molecular complexity index is 616. The zero-order valence-corrected chi connectivity index (χ0v) is 14.8. The summed E-state index contributed by atoms with van der Waals surface area (Å²) in [5, 5.41) is 0.646. The number of alkyl halides is 13. The Balaban J connectivity index is 6.67. The fourth-order valence-electron chi connectivity index (χ4n) is 1.80. The molecule has 0 aliphatic rings. The average Bonchev–Trinajstić information content (AvgIpc) is 2.57. The molecule has 0 fully saturated rings. The highest BCUT2D eigenvalue weighted by Gasteiger charge is 2.93. The zero-order valence-electron chi connectivity index (χ0n) is 14.8. The largest absolute Gasteiger partial charge is 0.460 e. The van der Waals surface area contributed by atoms with Gasteiger partial charge in [-0.05, 0) is 6.92 Å². The van der Waals surface area contributed by atoms with Crippen LogP contribution in [0.5, 0.6) is 0 Å². The van der Waals surface area contributed by atoms with E-state index in [2.05, 4.69) is 14.2 Å². The molecule has 0 unspecified atom stereocenters. The second kappa shape index (κ2) is 8.08. The van der Waals surface area contributed by atoms with E-state index in [0.717, 1.165) is 6.92 Å². The predicted octanol–water partition coefficient (Wildman–Crippen LogP) is 4.42. The minimum atomic E-state index is -8.11. The number of hydrogen-bond donors (Lipinski definition) is 1. The van der Waals surface area contributed by atoms with Gasteiger partial charge in [-0.25, -0.2) is 4.79 Å². The van der Waals surface area contributed by atoms with Crippen molar-refractivity contribution in [1.82, 2.24) is 5.32 Å². The van der Waals surface area contributed by atoms with Gasteiger partial charge in [-0.2, -0.15) is 57.1 Å². The van der Waals surface area contributed by atoms with Crippen LogP contribution in [-0.4, -0.2) is 68.6 Å². The van der Waals surface area contributed by atoms with Crippen LogP contribution < -0.4 is 5.32 Å². The van der Waals surface area contributed by atoms with Gasteiger partial charge in [-0.15, -0.1) is 0 Å². The lowest BCUT2D eigenvalue weighted by atomic mass is 9.92. The Labute approximate surface area is 158 Å². The molecule has 0 saturated carbocycles. The van der Waals surface area contributed by atoms with Gasteiger partial charge in [0.05, 0.1) is 6.61 Å². The van der Waals surface area contributed by atoms with Crippen molar-refractivity contribution in [3.8, 4) is 0 Å². The zero-order chi connectivity index (χ0) is 24.6. The van der Waals surface area contributed by atoms with E-state index in [0.29, 0.717) is 5.32 Å². The van der Waals surface area contributed by atoms with Crippen LogP contribution in [0.1, 0.15) is 6.92 Å². The maximum atomic E-state index is 14.2. The molecule has 0 aliphatic heterocycles. The summed E-state index contributed by atoms with van der Waals surface area (Å²) in [6.45, 7) is 0.380. The number of methoxy groups -OCH3 is 2. The van der Waals surface area contributed by atoms with Crippen molar-refractivity contribution in [2.75, 3.05) is 20.8 Å². The minimum absolute atomic E-state index is 0.0136. The van der Waals surface area contributed by atoms with Crippen LogP contribution in [0.4, 0.5) is 61.9 Å². The molecule has 0 aliphatic carbocycles. The second-order valence-corrected chi connectivity index (χ2v) is 5.24. The van der Waals surface area contributed by atoms with Crippen molar-refractivity contribution >= 4 is 6.09 Å². The third-order valence-corrected chi connectivity index (χ3v) is 3.46. The number of carbonyl (C=O) groups excluding carboxylic acids is 1. The molecular weight excluding hydrogens is 469 g/mol. The van der Waals surface area contributed by atoms with Gasteiger partial charge in [0.25, 0.3) is 0 Å². The fourth-order valence-corrected chi connectivity index (χ4v) is 1.80. The fraction of sp³-hybridized carbons (Fsp3) is 0.917. The molecule has 0 heterocycles. The molecule has 1 N–H and O–H groups in total. The molecule has 0 saturated heterocycles. The second-order valence-electron chi connectivity index (χ2n) is 5.24. The van der Waals surface area contributed by atoms with E-state index >= 15 is 0 Å². The molecule has 180 valence electrons. The normalized spacial score (nSPS) is 15.2. The van der Waals surface area contributed by atoms with Crippen LogP contribution in [0.3, 0.4) is 0 Å². The molecule has 0 atom stereocenters. The topological polar surface area (TPSA) is 56.8 Å². The summed E-state index contributed by atoms with van der Waals surface area (Å²) < 4.78 is 183. The Morgan fingerprint density at radius 1 is 0.667 bits per heavy atom. The lowest BCUT2D eigenvalue weighted by Gasteiger charge is -2.44. The van der Waals surface area contributed by atoms with Crippen molar-refractivity contribution < 1.29 is 76.1 Å². The lowest BCUT2D eigenvalue weighted by molar-refractivity contribution is -0.467. The maximum Gasteiger partial charge on any atom is 0.460 e. The number of alkyl carbamates (subject to hydrolysis) is 1. The van der Waals surface area contributed by atoms with E-state index < -0.39 is 54.4 Å². The first-order chi connectivity index (χ1) is 13.1.